The Morgan fingerprint density at radius 1 is 1.00 bits per heavy atom. The van der Waals surface area contributed by atoms with E-state index in [9.17, 15) is 4.79 Å². The molecular formula is C22H34N4O. The number of piperazine rings is 1. The van der Waals surface area contributed by atoms with Gasteiger partial charge in [-0.3, -0.25) is 14.6 Å². The Balaban J connectivity index is 1.30. The second-order valence-electron chi connectivity index (χ2n) is 8.42. The molecule has 2 heterocycles. The molecule has 3 fully saturated rings. The SMILES string of the molecule is CCN1CCN(Cc2ccc(NC(=O)[C@@H](C3CC3)N3CCCC3)cc2)CC1. The van der Waals surface area contributed by atoms with Crippen molar-refractivity contribution in [2.45, 2.75) is 45.2 Å². The monoisotopic (exact) mass is 370 g/mol. The number of nitrogens with zero attached hydrogens (tertiary/aromatic N) is 3. The molecule has 1 amide bonds. The molecule has 2 saturated heterocycles. The Morgan fingerprint density at radius 3 is 2.22 bits per heavy atom. The van der Waals surface area contributed by atoms with Crippen LogP contribution in [0.2, 0.25) is 0 Å². The number of hydrogen-bond acceptors (Lipinski definition) is 4. The highest BCUT2D eigenvalue weighted by Crippen LogP contribution is 2.37. The summed E-state index contributed by atoms with van der Waals surface area (Å²) in [6, 6.07) is 8.57. The lowest BCUT2D eigenvalue weighted by Crippen LogP contribution is -2.45. The predicted molar refractivity (Wildman–Crippen MR) is 110 cm³/mol. The van der Waals surface area contributed by atoms with Gasteiger partial charge in [0.1, 0.15) is 0 Å². The Kier molecular flexibility index (Phi) is 6.11. The highest BCUT2D eigenvalue weighted by atomic mass is 16.2. The zero-order valence-corrected chi connectivity index (χ0v) is 16.7. The van der Waals surface area contributed by atoms with Gasteiger partial charge in [-0.05, 0) is 68.9 Å². The minimum absolute atomic E-state index is 0.0852. The maximum absolute atomic E-state index is 12.9. The highest BCUT2D eigenvalue weighted by molar-refractivity contribution is 5.95. The van der Waals surface area contributed by atoms with E-state index in [1.165, 1.54) is 44.3 Å². The minimum atomic E-state index is 0.0852. The molecule has 1 saturated carbocycles. The van der Waals surface area contributed by atoms with E-state index in [0.717, 1.165) is 45.0 Å². The first-order valence-corrected chi connectivity index (χ1v) is 10.8. The van der Waals surface area contributed by atoms with Crippen molar-refractivity contribution in [1.29, 1.82) is 0 Å². The van der Waals surface area contributed by atoms with Gasteiger partial charge in [-0.15, -0.1) is 0 Å². The summed E-state index contributed by atoms with van der Waals surface area (Å²) in [5, 5.41) is 3.18. The molecule has 0 radical (unpaired) electrons. The Labute approximate surface area is 163 Å². The second-order valence-corrected chi connectivity index (χ2v) is 8.42. The van der Waals surface area contributed by atoms with Crippen molar-refractivity contribution in [3.63, 3.8) is 0 Å². The van der Waals surface area contributed by atoms with Gasteiger partial charge >= 0.3 is 0 Å². The van der Waals surface area contributed by atoms with E-state index >= 15 is 0 Å². The number of rotatable bonds is 7. The summed E-state index contributed by atoms with van der Waals surface area (Å²) < 4.78 is 0. The van der Waals surface area contributed by atoms with Crippen LogP contribution in [0.25, 0.3) is 0 Å². The molecule has 27 heavy (non-hydrogen) atoms. The molecule has 0 spiro atoms. The molecule has 1 aliphatic carbocycles. The summed E-state index contributed by atoms with van der Waals surface area (Å²) in [4.78, 5) is 20.3. The molecular weight excluding hydrogens is 336 g/mol. The molecule has 5 heteroatoms. The van der Waals surface area contributed by atoms with Gasteiger partial charge in [0.15, 0.2) is 0 Å². The number of amides is 1. The van der Waals surface area contributed by atoms with Crippen LogP contribution in [0.4, 0.5) is 5.69 Å². The van der Waals surface area contributed by atoms with Crippen molar-refractivity contribution >= 4 is 11.6 Å². The lowest BCUT2D eigenvalue weighted by molar-refractivity contribution is -0.121. The van der Waals surface area contributed by atoms with E-state index in [1.807, 2.05) is 0 Å². The van der Waals surface area contributed by atoms with Gasteiger partial charge in [-0.2, -0.15) is 0 Å². The van der Waals surface area contributed by atoms with Crippen LogP contribution in [0.15, 0.2) is 24.3 Å². The van der Waals surface area contributed by atoms with Crippen LogP contribution < -0.4 is 5.32 Å². The molecule has 1 aromatic carbocycles. The summed E-state index contributed by atoms with van der Waals surface area (Å²) >= 11 is 0. The Morgan fingerprint density at radius 2 is 1.63 bits per heavy atom. The number of carbonyl (C=O) groups excluding carboxylic acids is 1. The number of anilines is 1. The molecule has 3 aliphatic rings. The third-order valence-corrected chi connectivity index (χ3v) is 6.41. The second kappa shape index (κ2) is 8.72. The number of likely N-dealkylation sites (N-methyl/N-ethyl adjacent to an activating group) is 1. The van der Waals surface area contributed by atoms with Gasteiger partial charge in [-0.25, -0.2) is 0 Å². The number of likely N-dealkylation sites (tertiary alicyclic amines) is 1. The molecule has 4 rings (SSSR count). The largest absolute Gasteiger partial charge is 0.325 e. The smallest absolute Gasteiger partial charge is 0.242 e. The van der Waals surface area contributed by atoms with Crippen molar-refractivity contribution in [1.82, 2.24) is 14.7 Å². The first-order valence-electron chi connectivity index (χ1n) is 10.8. The third kappa shape index (κ3) is 4.89. The van der Waals surface area contributed by atoms with Gasteiger partial charge in [0.05, 0.1) is 6.04 Å². The van der Waals surface area contributed by atoms with Gasteiger partial charge in [0.25, 0.3) is 0 Å². The van der Waals surface area contributed by atoms with Gasteiger partial charge in [0, 0.05) is 38.4 Å². The average molecular weight is 371 g/mol. The Bertz CT molecular complexity index is 614. The summed E-state index contributed by atoms with van der Waals surface area (Å²) in [7, 11) is 0. The highest BCUT2D eigenvalue weighted by Gasteiger charge is 2.40. The Hall–Kier alpha value is -1.43. The quantitative estimate of drug-likeness (QED) is 0.801. The van der Waals surface area contributed by atoms with E-state index in [4.69, 9.17) is 0 Å². The summed E-state index contributed by atoms with van der Waals surface area (Å²) in [6.45, 7) is 11.2. The zero-order chi connectivity index (χ0) is 18.6. The fourth-order valence-corrected chi connectivity index (χ4v) is 4.54. The predicted octanol–water partition coefficient (Wildman–Crippen LogP) is 2.64. The van der Waals surface area contributed by atoms with Crippen LogP contribution in [0.1, 0.15) is 38.2 Å². The first-order chi connectivity index (χ1) is 13.2. The minimum Gasteiger partial charge on any atom is -0.325 e. The fourth-order valence-electron chi connectivity index (χ4n) is 4.54. The molecule has 148 valence electrons. The molecule has 0 bridgehead atoms. The number of nitrogens with one attached hydrogen (secondary N) is 1. The van der Waals surface area contributed by atoms with E-state index in [0.29, 0.717) is 5.92 Å². The number of hydrogen-bond donors (Lipinski definition) is 1. The number of carbonyl (C=O) groups is 1. The standard InChI is InChI=1S/C22H34N4O/c1-2-24-13-15-25(16-14-24)17-18-5-9-20(10-6-18)23-22(27)21(19-7-8-19)26-11-3-4-12-26/h5-6,9-10,19,21H,2-4,7-8,11-17H2,1H3,(H,23,27)/t21-/m1/s1. The topological polar surface area (TPSA) is 38.8 Å². The van der Waals surface area contributed by atoms with Crippen molar-refractivity contribution in [2.24, 2.45) is 5.92 Å². The zero-order valence-electron chi connectivity index (χ0n) is 16.7. The lowest BCUT2D eigenvalue weighted by Gasteiger charge is -2.34. The molecule has 1 atom stereocenters. The van der Waals surface area contributed by atoms with Gasteiger partial charge < -0.3 is 10.2 Å². The van der Waals surface area contributed by atoms with Crippen molar-refractivity contribution in [3.05, 3.63) is 29.8 Å². The van der Waals surface area contributed by atoms with E-state index in [2.05, 4.69) is 51.2 Å². The van der Waals surface area contributed by atoms with Crippen molar-refractivity contribution in [2.75, 3.05) is 51.1 Å². The molecule has 1 N–H and O–H groups in total. The van der Waals surface area contributed by atoms with Crippen LogP contribution in [0, 0.1) is 5.92 Å². The van der Waals surface area contributed by atoms with E-state index < -0.39 is 0 Å². The first kappa shape index (κ1) is 18.9. The van der Waals surface area contributed by atoms with Crippen molar-refractivity contribution in [3.8, 4) is 0 Å². The van der Waals surface area contributed by atoms with Gasteiger partial charge in [0.2, 0.25) is 5.91 Å². The van der Waals surface area contributed by atoms with E-state index in [-0.39, 0.29) is 11.9 Å². The maximum atomic E-state index is 12.9. The summed E-state index contributed by atoms with van der Waals surface area (Å²) in [5.74, 6) is 0.770. The van der Waals surface area contributed by atoms with Crippen LogP contribution >= 0.6 is 0 Å². The van der Waals surface area contributed by atoms with Crippen LogP contribution in [-0.4, -0.2) is 72.5 Å². The van der Waals surface area contributed by atoms with Crippen LogP contribution in [0.3, 0.4) is 0 Å². The van der Waals surface area contributed by atoms with E-state index in [1.54, 1.807) is 0 Å². The molecule has 5 nitrogen and oxygen atoms in total. The lowest BCUT2D eigenvalue weighted by atomic mass is 10.1. The normalized spacial score (nSPS) is 23.4. The van der Waals surface area contributed by atoms with Crippen LogP contribution in [-0.2, 0) is 11.3 Å². The summed E-state index contributed by atoms with van der Waals surface area (Å²) in [6.07, 6.45) is 4.88. The summed E-state index contributed by atoms with van der Waals surface area (Å²) in [5.41, 5.74) is 2.26. The van der Waals surface area contributed by atoms with Crippen LogP contribution in [0.5, 0.6) is 0 Å². The average Bonchev–Trinajstić information content (AvgIpc) is 3.37. The fraction of sp³-hybridized carbons (Fsp3) is 0.682. The molecule has 2 aliphatic heterocycles. The molecule has 1 aromatic rings. The molecule has 0 unspecified atom stereocenters. The molecule has 0 aromatic heterocycles. The number of benzene rings is 1. The van der Waals surface area contributed by atoms with Gasteiger partial charge in [-0.1, -0.05) is 19.1 Å². The maximum Gasteiger partial charge on any atom is 0.242 e. The van der Waals surface area contributed by atoms with Crippen molar-refractivity contribution < 1.29 is 4.79 Å². The third-order valence-electron chi connectivity index (χ3n) is 6.41.